The number of para-hydroxylation sites is 1. The zero-order chi connectivity index (χ0) is 10.7. The molecule has 1 aliphatic rings. The predicted octanol–water partition coefficient (Wildman–Crippen LogP) is 0.567. The van der Waals surface area contributed by atoms with E-state index in [2.05, 4.69) is 5.32 Å². The molecule has 1 heterocycles. The van der Waals surface area contributed by atoms with Crippen molar-refractivity contribution < 1.29 is 14.9 Å². The molecule has 3 atom stereocenters. The monoisotopic (exact) mass is 209 g/mol. The highest BCUT2D eigenvalue weighted by molar-refractivity contribution is 5.43. The van der Waals surface area contributed by atoms with Crippen LogP contribution in [0.3, 0.4) is 0 Å². The van der Waals surface area contributed by atoms with Crippen molar-refractivity contribution in [2.45, 2.75) is 24.9 Å². The molecular formula is C11H15NO3. The third kappa shape index (κ3) is 2.47. The first kappa shape index (κ1) is 10.4. The number of anilines is 1. The lowest BCUT2D eigenvalue weighted by atomic mass is 10.2. The van der Waals surface area contributed by atoms with E-state index < -0.39 is 12.2 Å². The zero-order valence-corrected chi connectivity index (χ0v) is 8.34. The SMILES string of the molecule is OC[C@H]1O[C@@H](Nc2ccccc2)C[C@@H]1O. The maximum absolute atomic E-state index is 9.51. The maximum atomic E-state index is 9.51. The molecular weight excluding hydrogens is 194 g/mol. The molecule has 1 saturated heterocycles. The van der Waals surface area contributed by atoms with E-state index in [-0.39, 0.29) is 12.8 Å². The molecule has 4 nitrogen and oxygen atoms in total. The normalized spacial score (nSPS) is 30.4. The Hall–Kier alpha value is -1.10. The maximum Gasteiger partial charge on any atom is 0.130 e. The lowest BCUT2D eigenvalue weighted by Gasteiger charge is -2.14. The van der Waals surface area contributed by atoms with Crippen molar-refractivity contribution in [3.63, 3.8) is 0 Å². The Labute approximate surface area is 88.5 Å². The van der Waals surface area contributed by atoms with Crippen LogP contribution in [0.25, 0.3) is 0 Å². The summed E-state index contributed by atoms with van der Waals surface area (Å²) in [7, 11) is 0. The van der Waals surface area contributed by atoms with E-state index in [0.29, 0.717) is 6.42 Å². The summed E-state index contributed by atoms with van der Waals surface area (Å²) in [6.45, 7) is -0.145. The van der Waals surface area contributed by atoms with Crippen molar-refractivity contribution in [1.82, 2.24) is 0 Å². The largest absolute Gasteiger partial charge is 0.394 e. The van der Waals surface area contributed by atoms with Gasteiger partial charge in [0.25, 0.3) is 0 Å². The fourth-order valence-electron chi connectivity index (χ4n) is 1.71. The second kappa shape index (κ2) is 4.61. The first-order valence-electron chi connectivity index (χ1n) is 5.05. The summed E-state index contributed by atoms with van der Waals surface area (Å²) in [4.78, 5) is 0. The van der Waals surface area contributed by atoms with Gasteiger partial charge in [-0.25, -0.2) is 0 Å². The van der Waals surface area contributed by atoms with Crippen LogP contribution in [-0.2, 0) is 4.74 Å². The van der Waals surface area contributed by atoms with Gasteiger partial charge in [0.05, 0.1) is 12.7 Å². The smallest absolute Gasteiger partial charge is 0.130 e. The van der Waals surface area contributed by atoms with Crippen LogP contribution in [0.2, 0.25) is 0 Å². The Morgan fingerprint density at radius 3 is 2.67 bits per heavy atom. The van der Waals surface area contributed by atoms with Crippen LogP contribution in [0.1, 0.15) is 6.42 Å². The molecule has 0 aliphatic carbocycles. The molecule has 4 heteroatoms. The van der Waals surface area contributed by atoms with E-state index in [1.54, 1.807) is 0 Å². The van der Waals surface area contributed by atoms with Gasteiger partial charge in [-0.3, -0.25) is 0 Å². The van der Waals surface area contributed by atoms with Gasteiger partial charge in [0, 0.05) is 12.1 Å². The second-order valence-corrected chi connectivity index (χ2v) is 3.66. The number of nitrogens with one attached hydrogen (secondary N) is 1. The van der Waals surface area contributed by atoms with E-state index in [1.807, 2.05) is 30.3 Å². The minimum absolute atomic E-state index is 0.145. The van der Waals surface area contributed by atoms with E-state index >= 15 is 0 Å². The number of hydrogen-bond acceptors (Lipinski definition) is 4. The highest BCUT2D eigenvalue weighted by Gasteiger charge is 2.33. The summed E-state index contributed by atoms with van der Waals surface area (Å²) >= 11 is 0. The van der Waals surface area contributed by atoms with E-state index in [1.165, 1.54) is 0 Å². The molecule has 0 spiro atoms. The van der Waals surface area contributed by atoms with E-state index in [0.717, 1.165) is 5.69 Å². The van der Waals surface area contributed by atoms with Gasteiger partial charge in [-0.2, -0.15) is 0 Å². The molecule has 0 radical (unpaired) electrons. The quantitative estimate of drug-likeness (QED) is 0.681. The van der Waals surface area contributed by atoms with Crippen molar-refractivity contribution in [3.05, 3.63) is 30.3 Å². The van der Waals surface area contributed by atoms with Gasteiger partial charge < -0.3 is 20.3 Å². The Kier molecular flexibility index (Phi) is 3.20. The van der Waals surface area contributed by atoms with Gasteiger partial charge in [0.2, 0.25) is 0 Å². The van der Waals surface area contributed by atoms with Gasteiger partial charge in [-0.1, -0.05) is 18.2 Å². The minimum atomic E-state index is -0.587. The van der Waals surface area contributed by atoms with Crippen LogP contribution in [-0.4, -0.2) is 35.3 Å². The molecule has 0 aromatic heterocycles. The number of ether oxygens (including phenoxy) is 1. The molecule has 1 aromatic carbocycles. The molecule has 3 N–H and O–H groups in total. The number of aliphatic hydroxyl groups is 2. The summed E-state index contributed by atoms with van der Waals surface area (Å²) in [5.74, 6) is 0. The van der Waals surface area contributed by atoms with Crippen LogP contribution < -0.4 is 5.32 Å². The van der Waals surface area contributed by atoms with Crippen molar-refractivity contribution in [1.29, 1.82) is 0 Å². The summed E-state index contributed by atoms with van der Waals surface area (Å²) in [6.07, 6.45) is -0.776. The molecule has 0 saturated carbocycles. The van der Waals surface area contributed by atoms with Crippen LogP contribution in [0.5, 0.6) is 0 Å². The van der Waals surface area contributed by atoms with Gasteiger partial charge in [-0.05, 0) is 12.1 Å². The summed E-state index contributed by atoms with van der Waals surface area (Å²) < 4.78 is 5.42. The third-order valence-electron chi connectivity index (χ3n) is 2.51. The first-order chi connectivity index (χ1) is 7.29. The fourth-order valence-corrected chi connectivity index (χ4v) is 1.71. The Morgan fingerprint density at radius 1 is 1.33 bits per heavy atom. The Balaban J connectivity index is 1.92. The molecule has 0 amide bonds. The highest BCUT2D eigenvalue weighted by atomic mass is 16.5. The van der Waals surface area contributed by atoms with Crippen molar-refractivity contribution >= 4 is 5.69 Å². The molecule has 2 rings (SSSR count). The fraction of sp³-hybridized carbons (Fsp3) is 0.455. The number of benzene rings is 1. The molecule has 15 heavy (non-hydrogen) atoms. The molecule has 1 aromatic rings. The Bertz CT molecular complexity index is 304. The van der Waals surface area contributed by atoms with Gasteiger partial charge in [-0.15, -0.1) is 0 Å². The van der Waals surface area contributed by atoms with Gasteiger partial charge in [0.1, 0.15) is 12.3 Å². The molecule has 0 unspecified atom stereocenters. The minimum Gasteiger partial charge on any atom is -0.394 e. The Morgan fingerprint density at radius 2 is 2.07 bits per heavy atom. The molecule has 1 fully saturated rings. The van der Waals surface area contributed by atoms with Crippen LogP contribution in [0.4, 0.5) is 5.69 Å². The number of rotatable bonds is 3. The standard InChI is InChI=1S/C11H15NO3/c13-7-10-9(14)6-11(15-10)12-8-4-2-1-3-5-8/h1-5,9-14H,6-7H2/t9-,10+,11+/m0/s1. The van der Waals surface area contributed by atoms with Gasteiger partial charge in [0.15, 0.2) is 0 Å². The average molecular weight is 209 g/mol. The van der Waals surface area contributed by atoms with Crippen LogP contribution in [0, 0.1) is 0 Å². The summed E-state index contributed by atoms with van der Waals surface area (Å²) in [5, 5.41) is 21.6. The lowest BCUT2D eigenvalue weighted by molar-refractivity contribution is -0.0149. The topological polar surface area (TPSA) is 61.7 Å². The van der Waals surface area contributed by atoms with E-state index in [9.17, 15) is 5.11 Å². The van der Waals surface area contributed by atoms with E-state index in [4.69, 9.17) is 9.84 Å². The van der Waals surface area contributed by atoms with Gasteiger partial charge >= 0.3 is 0 Å². The average Bonchev–Trinajstić information content (AvgIpc) is 2.60. The van der Waals surface area contributed by atoms with Crippen molar-refractivity contribution in [2.75, 3.05) is 11.9 Å². The molecule has 0 bridgehead atoms. The van der Waals surface area contributed by atoms with Crippen molar-refractivity contribution in [2.24, 2.45) is 0 Å². The lowest BCUT2D eigenvalue weighted by Crippen LogP contribution is -2.25. The third-order valence-corrected chi connectivity index (χ3v) is 2.51. The number of hydrogen-bond donors (Lipinski definition) is 3. The molecule has 82 valence electrons. The summed E-state index contributed by atoms with van der Waals surface area (Å²) in [5.41, 5.74) is 0.952. The molecule has 1 aliphatic heterocycles. The van der Waals surface area contributed by atoms with Crippen molar-refractivity contribution in [3.8, 4) is 0 Å². The number of aliphatic hydroxyl groups excluding tert-OH is 2. The predicted molar refractivity (Wildman–Crippen MR) is 56.4 cm³/mol. The highest BCUT2D eigenvalue weighted by Crippen LogP contribution is 2.21. The van der Waals surface area contributed by atoms with Crippen LogP contribution >= 0.6 is 0 Å². The zero-order valence-electron chi connectivity index (χ0n) is 8.34. The summed E-state index contributed by atoms with van der Waals surface area (Å²) in [6, 6.07) is 9.66. The second-order valence-electron chi connectivity index (χ2n) is 3.66. The first-order valence-corrected chi connectivity index (χ1v) is 5.05. The van der Waals surface area contributed by atoms with Crippen LogP contribution in [0.15, 0.2) is 30.3 Å².